The third kappa shape index (κ3) is 3.35. The van der Waals surface area contributed by atoms with E-state index in [-0.39, 0.29) is 46.9 Å². The smallest absolute Gasteiger partial charge is 0.142 e. The Balaban J connectivity index is 1.57. The zero-order valence-electron chi connectivity index (χ0n) is 18.7. The molecule has 3 fully saturated rings. The van der Waals surface area contributed by atoms with Crippen molar-refractivity contribution in [3.8, 4) is 0 Å². The number of rotatable bonds is 7. The summed E-state index contributed by atoms with van der Waals surface area (Å²) >= 11 is 0. The molecule has 168 valence electrons. The first kappa shape index (κ1) is 22.0. The molecule has 0 radical (unpaired) electrons. The SMILES string of the molecule is CNCCCONC1=CC2C(CO)C(=O)[C@@H]3[C@@H](CC[C@]4(C)C(=O)CC[C@@H]34)[C@@]2(C)CC1. The molecule has 30 heavy (non-hydrogen) atoms. The van der Waals surface area contributed by atoms with Crippen LogP contribution in [0.2, 0.25) is 0 Å². The molecule has 4 rings (SSSR count). The van der Waals surface area contributed by atoms with E-state index in [1.54, 1.807) is 0 Å². The van der Waals surface area contributed by atoms with Gasteiger partial charge in [-0.3, -0.25) is 19.9 Å². The van der Waals surface area contributed by atoms with Gasteiger partial charge in [0.1, 0.15) is 11.6 Å². The van der Waals surface area contributed by atoms with Crippen LogP contribution in [-0.4, -0.2) is 43.5 Å². The molecule has 3 saturated carbocycles. The van der Waals surface area contributed by atoms with Gasteiger partial charge in [-0.05, 0) is 75.3 Å². The van der Waals surface area contributed by atoms with E-state index < -0.39 is 0 Å². The second-order valence-corrected chi connectivity index (χ2v) is 10.5. The number of allylic oxidation sites excluding steroid dienone is 2. The van der Waals surface area contributed by atoms with Gasteiger partial charge >= 0.3 is 0 Å². The van der Waals surface area contributed by atoms with Crippen molar-refractivity contribution in [2.24, 2.45) is 40.4 Å². The van der Waals surface area contributed by atoms with Crippen molar-refractivity contribution in [1.29, 1.82) is 0 Å². The predicted octanol–water partition coefficient (Wildman–Crippen LogP) is 2.62. The Morgan fingerprint density at radius 2 is 1.97 bits per heavy atom. The number of ketones is 2. The molecular formula is C24H38N2O4. The van der Waals surface area contributed by atoms with Crippen LogP contribution in [0.1, 0.15) is 58.8 Å². The molecule has 3 N–H and O–H groups in total. The molecule has 6 heteroatoms. The van der Waals surface area contributed by atoms with Crippen LogP contribution in [0.5, 0.6) is 0 Å². The van der Waals surface area contributed by atoms with Crippen LogP contribution >= 0.6 is 0 Å². The van der Waals surface area contributed by atoms with E-state index in [4.69, 9.17) is 4.84 Å². The van der Waals surface area contributed by atoms with Crippen LogP contribution in [-0.2, 0) is 14.4 Å². The highest BCUT2D eigenvalue weighted by atomic mass is 16.6. The maximum atomic E-state index is 13.7. The van der Waals surface area contributed by atoms with Crippen LogP contribution in [0, 0.1) is 40.4 Å². The second-order valence-electron chi connectivity index (χ2n) is 10.5. The molecule has 7 atom stereocenters. The third-order valence-corrected chi connectivity index (χ3v) is 9.10. The summed E-state index contributed by atoms with van der Waals surface area (Å²) in [6.45, 7) is 5.83. The lowest BCUT2D eigenvalue weighted by molar-refractivity contribution is -0.162. The quantitative estimate of drug-likeness (QED) is 0.435. The third-order valence-electron chi connectivity index (χ3n) is 9.10. The summed E-state index contributed by atoms with van der Waals surface area (Å²) in [4.78, 5) is 31.9. The van der Waals surface area contributed by atoms with Crippen molar-refractivity contribution in [2.75, 3.05) is 26.8 Å². The highest BCUT2D eigenvalue weighted by Crippen LogP contribution is 2.65. The van der Waals surface area contributed by atoms with Gasteiger partial charge < -0.3 is 10.4 Å². The summed E-state index contributed by atoms with van der Waals surface area (Å²) in [6, 6.07) is 0. The van der Waals surface area contributed by atoms with E-state index in [0.29, 0.717) is 24.7 Å². The van der Waals surface area contributed by atoms with Gasteiger partial charge in [-0.15, -0.1) is 0 Å². The molecular weight excluding hydrogens is 380 g/mol. The Morgan fingerprint density at radius 1 is 1.17 bits per heavy atom. The van der Waals surface area contributed by atoms with Crippen molar-refractivity contribution in [3.05, 3.63) is 11.8 Å². The molecule has 0 bridgehead atoms. The standard InChI is InChI=1S/C24H38N2O4/c1-23-9-7-15(26-30-12-4-11-25-3)13-19(23)16(14-27)22(29)21-17-5-6-20(28)24(17,2)10-8-18(21)23/h13,16-19,21,25-27H,4-12,14H2,1-3H3/t16?,17-,18+,19?,21-,23+,24-/m0/s1. The van der Waals surface area contributed by atoms with Gasteiger partial charge in [-0.25, -0.2) is 0 Å². The van der Waals surface area contributed by atoms with E-state index in [1.807, 2.05) is 7.05 Å². The van der Waals surface area contributed by atoms with E-state index in [9.17, 15) is 14.7 Å². The van der Waals surface area contributed by atoms with Crippen LogP contribution in [0.3, 0.4) is 0 Å². The van der Waals surface area contributed by atoms with Gasteiger partial charge in [0.2, 0.25) is 0 Å². The number of fused-ring (bicyclic) bond motifs is 5. The lowest BCUT2D eigenvalue weighted by atomic mass is 9.43. The normalized spacial score (nSPS) is 42.9. The first-order valence-corrected chi connectivity index (χ1v) is 11.8. The van der Waals surface area contributed by atoms with Crippen LogP contribution < -0.4 is 10.8 Å². The van der Waals surface area contributed by atoms with Crippen molar-refractivity contribution in [2.45, 2.75) is 58.8 Å². The number of nitrogens with one attached hydrogen (secondary N) is 2. The number of hydrogen-bond acceptors (Lipinski definition) is 6. The van der Waals surface area contributed by atoms with Crippen molar-refractivity contribution in [3.63, 3.8) is 0 Å². The minimum atomic E-state index is -0.379. The summed E-state index contributed by atoms with van der Waals surface area (Å²) in [5.41, 5.74) is 3.79. The van der Waals surface area contributed by atoms with Gasteiger partial charge in [0.25, 0.3) is 0 Å². The molecule has 0 spiro atoms. The summed E-state index contributed by atoms with van der Waals surface area (Å²) in [5.74, 6) is 0.568. The Morgan fingerprint density at radius 3 is 2.70 bits per heavy atom. The predicted molar refractivity (Wildman–Crippen MR) is 114 cm³/mol. The number of hydrogen-bond donors (Lipinski definition) is 3. The van der Waals surface area contributed by atoms with Crippen molar-refractivity contribution in [1.82, 2.24) is 10.8 Å². The minimum absolute atomic E-state index is 0.0176. The highest BCUT2D eigenvalue weighted by molar-refractivity contribution is 5.91. The fraction of sp³-hybridized carbons (Fsp3) is 0.833. The first-order valence-electron chi connectivity index (χ1n) is 11.8. The fourth-order valence-electron chi connectivity index (χ4n) is 7.30. The maximum absolute atomic E-state index is 13.7. The van der Waals surface area contributed by atoms with E-state index in [2.05, 4.69) is 30.7 Å². The average molecular weight is 419 g/mol. The van der Waals surface area contributed by atoms with Crippen molar-refractivity contribution >= 4 is 11.6 Å². The van der Waals surface area contributed by atoms with E-state index >= 15 is 0 Å². The molecule has 0 amide bonds. The van der Waals surface area contributed by atoms with Gasteiger partial charge in [-0.1, -0.05) is 19.9 Å². The molecule has 2 unspecified atom stereocenters. The molecule has 0 aromatic rings. The summed E-state index contributed by atoms with van der Waals surface area (Å²) in [6.07, 6.45) is 8.28. The Bertz CT molecular complexity index is 722. The molecule has 0 aliphatic heterocycles. The number of Topliss-reactive ketones (excluding diaryl/α,β-unsaturated/α-hetero) is 2. The van der Waals surface area contributed by atoms with Gasteiger partial charge in [-0.2, -0.15) is 0 Å². The zero-order valence-corrected chi connectivity index (χ0v) is 18.7. The first-order chi connectivity index (χ1) is 14.4. The number of aliphatic hydroxyl groups is 1. The highest BCUT2D eigenvalue weighted by Gasteiger charge is 2.64. The van der Waals surface area contributed by atoms with Crippen molar-refractivity contribution < 1.29 is 19.5 Å². The van der Waals surface area contributed by atoms with Crippen LogP contribution in [0.25, 0.3) is 0 Å². The monoisotopic (exact) mass is 418 g/mol. The summed E-state index contributed by atoms with van der Waals surface area (Å²) < 4.78 is 0. The summed E-state index contributed by atoms with van der Waals surface area (Å²) in [5, 5.41) is 13.4. The van der Waals surface area contributed by atoms with E-state index in [1.165, 1.54) is 0 Å². The van der Waals surface area contributed by atoms with Crippen LogP contribution in [0.4, 0.5) is 0 Å². The number of hydroxylamine groups is 1. The fourth-order valence-corrected chi connectivity index (χ4v) is 7.30. The average Bonchev–Trinajstić information content (AvgIpc) is 3.04. The molecule has 0 aromatic heterocycles. The lowest BCUT2D eigenvalue weighted by Crippen LogP contribution is -2.60. The minimum Gasteiger partial charge on any atom is -0.396 e. The molecule has 0 aromatic carbocycles. The molecule has 4 aliphatic carbocycles. The van der Waals surface area contributed by atoms with Crippen LogP contribution in [0.15, 0.2) is 11.8 Å². The summed E-state index contributed by atoms with van der Waals surface area (Å²) in [7, 11) is 1.93. The van der Waals surface area contributed by atoms with E-state index in [0.717, 1.165) is 50.8 Å². The molecule has 0 saturated heterocycles. The number of carbonyl (C=O) groups is 2. The second kappa shape index (κ2) is 8.36. The maximum Gasteiger partial charge on any atom is 0.142 e. The molecule has 6 nitrogen and oxygen atoms in total. The van der Waals surface area contributed by atoms with Gasteiger partial charge in [0, 0.05) is 29.4 Å². The zero-order chi connectivity index (χ0) is 21.5. The Labute approximate surface area is 180 Å². The molecule has 0 heterocycles. The number of aliphatic hydroxyl groups excluding tert-OH is 1. The Hall–Kier alpha value is -1.24. The molecule has 4 aliphatic rings. The van der Waals surface area contributed by atoms with Gasteiger partial charge in [0.05, 0.1) is 13.2 Å². The largest absolute Gasteiger partial charge is 0.396 e. The Kier molecular flexibility index (Phi) is 6.12. The lowest BCUT2D eigenvalue weighted by Gasteiger charge is -2.59. The number of carbonyl (C=O) groups excluding carboxylic acids is 2. The van der Waals surface area contributed by atoms with Gasteiger partial charge in [0.15, 0.2) is 0 Å². The topological polar surface area (TPSA) is 87.7 Å².